The summed E-state index contributed by atoms with van der Waals surface area (Å²) in [5.41, 5.74) is 5.38. The van der Waals surface area contributed by atoms with Gasteiger partial charge in [0.05, 0.1) is 28.0 Å². The molecule has 0 saturated heterocycles. The Labute approximate surface area is 193 Å². The van der Waals surface area contributed by atoms with Crippen molar-refractivity contribution in [2.45, 2.75) is 13.5 Å². The molecule has 5 aromatic rings. The van der Waals surface area contributed by atoms with E-state index in [2.05, 4.69) is 22.2 Å². The molecule has 7 nitrogen and oxygen atoms in total. The summed E-state index contributed by atoms with van der Waals surface area (Å²) < 4.78 is 5.14. The van der Waals surface area contributed by atoms with Gasteiger partial charge in [-0.1, -0.05) is 36.7 Å². The van der Waals surface area contributed by atoms with E-state index in [4.69, 9.17) is 21.0 Å². The van der Waals surface area contributed by atoms with Crippen LogP contribution in [0.25, 0.3) is 22.0 Å². The Balaban J connectivity index is 1.69. The van der Waals surface area contributed by atoms with Gasteiger partial charge >= 0.3 is 5.76 Å². The molecule has 0 spiro atoms. The zero-order valence-electron chi connectivity index (χ0n) is 17.8. The SMILES string of the molecule is CCNCc1ccc(N=C(c2ccc3oc(=O)[nH]c3c2)c2c(O)[nH]c3cc(Cl)ccc23)cc1. The third-order valence-electron chi connectivity index (χ3n) is 5.43. The number of aliphatic imine (C=N–C) groups is 1. The number of aromatic hydroxyl groups is 1. The zero-order chi connectivity index (χ0) is 22.9. The maximum absolute atomic E-state index is 11.6. The van der Waals surface area contributed by atoms with E-state index in [-0.39, 0.29) is 5.88 Å². The minimum absolute atomic E-state index is 0.0180. The molecule has 4 N–H and O–H groups in total. The summed E-state index contributed by atoms with van der Waals surface area (Å²) in [5.74, 6) is -0.544. The second kappa shape index (κ2) is 8.61. The van der Waals surface area contributed by atoms with Crippen LogP contribution in [-0.4, -0.2) is 27.3 Å². The highest BCUT2D eigenvalue weighted by molar-refractivity contribution is 6.31. The Morgan fingerprint density at radius 3 is 2.67 bits per heavy atom. The van der Waals surface area contributed by atoms with Crippen LogP contribution in [0.4, 0.5) is 5.69 Å². The number of rotatable bonds is 6. The first-order valence-electron chi connectivity index (χ1n) is 10.5. The fraction of sp³-hybridized carbons (Fsp3) is 0.120. The van der Waals surface area contributed by atoms with E-state index in [9.17, 15) is 9.90 Å². The predicted molar refractivity (Wildman–Crippen MR) is 131 cm³/mol. The summed E-state index contributed by atoms with van der Waals surface area (Å²) >= 11 is 6.14. The van der Waals surface area contributed by atoms with Gasteiger partial charge in [-0.2, -0.15) is 0 Å². The second-order valence-electron chi connectivity index (χ2n) is 7.67. The zero-order valence-corrected chi connectivity index (χ0v) is 18.5. The molecular weight excluding hydrogens is 440 g/mol. The van der Waals surface area contributed by atoms with Gasteiger partial charge in [-0.3, -0.25) is 4.98 Å². The monoisotopic (exact) mass is 460 g/mol. The van der Waals surface area contributed by atoms with Crippen molar-refractivity contribution in [1.29, 1.82) is 0 Å². The molecule has 0 bridgehead atoms. The van der Waals surface area contributed by atoms with Gasteiger partial charge < -0.3 is 19.8 Å². The lowest BCUT2D eigenvalue weighted by Gasteiger charge is -2.09. The maximum Gasteiger partial charge on any atom is 0.417 e. The molecule has 33 heavy (non-hydrogen) atoms. The smallest absolute Gasteiger partial charge is 0.417 e. The van der Waals surface area contributed by atoms with E-state index in [1.165, 1.54) is 0 Å². The molecule has 166 valence electrons. The van der Waals surface area contributed by atoms with E-state index in [1.54, 1.807) is 24.3 Å². The molecule has 0 atom stereocenters. The van der Waals surface area contributed by atoms with Crippen molar-refractivity contribution < 1.29 is 9.52 Å². The van der Waals surface area contributed by atoms with Crippen molar-refractivity contribution in [2.24, 2.45) is 4.99 Å². The van der Waals surface area contributed by atoms with Crippen molar-refractivity contribution in [3.63, 3.8) is 0 Å². The van der Waals surface area contributed by atoms with Gasteiger partial charge in [0.2, 0.25) is 0 Å². The van der Waals surface area contributed by atoms with Crippen molar-refractivity contribution in [2.75, 3.05) is 6.54 Å². The van der Waals surface area contributed by atoms with Crippen LogP contribution in [0.3, 0.4) is 0 Å². The number of benzene rings is 3. The Hall–Kier alpha value is -3.81. The van der Waals surface area contributed by atoms with E-state index in [1.807, 2.05) is 36.4 Å². The van der Waals surface area contributed by atoms with Gasteiger partial charge in [0.1, 0.15) is 0 Å². The first kappa shape index (κ1) is 21.1. The third-order valence-corrected chi connectivity index (χ3v) is 5.66. The number of aromatic nitrogens is 2. The van der Waals surface area contributed by atoms with Crippen LogP contribution in [-0.2, 0) is 6.54 Å². The van der Waals surface area contributed by atoms with Crippen LogP contribution in [0.1, 0.15) is 23.6 Å². The molecule has 0 fully saturated rings. The first-order valence-corrected chi connectivity index (χ1v) is 10.9. The van der Waals surface area contributed by atoms with Gasteiger partial charge in [-0.15, -0.1) is 0 Å². The summed E-state index contributed by atoms with van der Waals surface area (Å²) in [6.45, 7) is 3.74. The molecule has 8 heteroatoms. The molecule has 0 aliphatic heterocycles. The standard InChI is InChI=1S/C25H21ClN4O3/c1-2-27-13-14-3-7-17(8-4-14)28-23(15-5-10-21-20(11-15)30-25(32)33-21)22-18-9-6-16(26)12-19(18)29-24(22)31/h3-12,27,29,31H,2,13H2,1H3,(H,30,32). The quantitative estimate of drug-likeness (QED) is 0.260. The topological polar surface area (TPSA) is 106 Å². The highest BCUT2D eigenvalue weighted by Crippen LogP contribution is 2.33. The van der Waals surface area contributed by atoms with E-state index in [0.717, 1.165) is 29.7 Å². The summed E-state index contributed by atoms with van der Waals surface area (Å²) in [6, 6.07) is 18.6. The minimum atomic E-state index is -0.526. The molecule has 0 radical (unpaired) electrons. The van der Waals surface area contributed by atoms with Crippen LogP contribution in [0.5, 0.6) is 5.88 Å². The second-order valence-corrected chi connectivity index (χ2v) is 8.11. The number of halogens is 1. The summed E-state index contributed by atoms with van der Waals surface area (Å²) in [5, 5.41) is 15.5. The number of nitrogens with zero attached hydrogens (tertiary/aromatic N) is 1. The molecule has 0 aliphatic rings. The number of H-pyrrole nitrogens is 2. The van der Waals surface area contributed by atoms with Crippen LogP contribution in [0, 0.1) is 0 Å². The van der Waals surface area contributed by atoms with E-state index < -0.39 is 5.76 Å². The van der Waals surface area contributed by atoms with Gasteiger partial charge in [-0.25, -0.2) is 9.79 Å². The van der Waals surface area contributed by atoms with Crippen LogP contribution in [0.2, 0.25) is 5.02 Å². The fourth-order valence-corrected chi connectivity index (χ4v) is 4.02. The number of aromatic amines is 2. The average molecular weight is 461 g/mol. The number of oxazole rings is 1. The molecule has 3 aromatic carbocycles. The van der Waals surface area contributed by atoms with Gasteiger partial charge in [-0.05, 0) is 54.6 Å². The van der Waals surface area contributed by atoms with Gasteiger partial charge in [0, 0.05) is 22.5 Å². The normalized spacial score (nSPS) is 12.1. The van der Waals surface area contributed by atoms with Crippen LogP contribution >= 0.6 is 11.6 Å². The molecule has 2 aromatic heterocycles. The molecular formula is C25H21ClN4O3. The highest BCUT2D eigenvalue weighted by Gasteiger charge is 2.20. The Bertz CT molecular complexity index is 1540. The first-order chi connectivity index (χ1) is 16.0. The number of fused-ring (bicyclic) bond motifs is 2. The lowest BCUT2D eigenvalue weighted by molar-refractivity contribution is 0.457. The third kappa shape index (κ3) is 4.16. The van der Waals surface area contributed by atoms with Crippen LogP contribution < -0.4 is 11.1 Å². The molecule has 0 aliphatic carbocycles. The molecule has 0 amide bonds. The van der Waals surface area contributed by atoms with Crippen molar-refractivity contribution in [3.8, 4) is 5.88 Å². The Kier molecular flexibility index (Phi) is 5.50. The van der Waals surface area contributed by atoms with Crippen molar-refractivity contribution in [1.82, 2.24) is 15.3 Å². The van der Waals surface area contributed by atoms with E-state index in [0.29, 0.717) is 38.5 Å². The fourth-order valence-electron chi connectivity index (χ4n) is 3.85. The molecule has 0 saturated carbocycles. The summed E-state index contributed by atoms with van der Waals surface area (Å²) in [6.07, 6.45) is 0. The van der Waals surface area contributed by atoms with Crippen molar-refractivity contribution in [3.05, 3.63) is 92.9 Å². The van der Waals surface area contributed by atoms with Gasteiger partial charge in [0.25, 0.3) is 0 Å². The number of hydrogen-bond donors (Lipinski definition) is 4. The number of hydrogen-bond acceptors (Lipinski definition) is 5. The minimum Gasteiger partial charge on any atom is -0.494 e. The predicted octanol–water partition coefficient (Wildman–Crippen LogP) is 5.24. The van der Waals surface area contributed by atoms with Crippen LogP contribution in [0.15, 0.2) is 74.9 Å². The van der Waals surface area contributed by atoms with E-state index >= 15 is 0 Å². The number of nitrogens with one attached hydrogen (secondary N) is 3. The summed E-state index contributed by atoms with van der Waals surface area (Å²) in [7, 11) is 0. The lowest BCUT2D eigenvalue weighted by atomic mass is 10.0. The largest absolute Gasteiger partial charge is 0.494 e. The Morgan fingerprint density at radius 2 is 1.88 bits per heavy atom. The highest BCUT2D eigenvalue weighted by atomic mass is 35.5. The van der Waals surface area contributed by atoms with Crippen molar-refractivity contribution >= 4 is 45.0 Å². The molecule has 0 unspecified atom stereocenters. The average Bonchev–Trinajstić information content (AvgIpc) is 3.33. The maximum atomic E-state index is 11.6. The van der Waals surface area contributed by atoms with Gasteiger partial charge in [0.15, 0.2) is 11.5 Å². The molecule has 5 rings (SSSR count). The molecule has 2 heterocycles. The lowest BCUT2D eigenvalue weighted by Crippen LogP contribution is -2.11. The summed E-state index contributed by atoms with van der Waals surface area (Å²) in [4.78, 5) is 22.2. The Morgan fingerprint density at radius 1 is 1.06 bits per heavy atom.